The Morgan fingerprint density at radius 3 is 1.76 bits per heavy atom. The lowest BCUT2D eigenvalue weighted by Crippen LogP contribution is -1.98. The molecular formula is C18H15O6P. The Kier molecular flexibility index (Phi) is 4.88. The molecule has 6 nitrogen and oxygen atoms in total. The van der Waals surface area contributed by atoms with Gasteiger partial charge in [0.2, 0.25) is 0 Å². The van der Waals surface area contributed by atoms with Crippen LogP contribution in [0.1, 0.15) is 0 Å². The Morgan fingerprint density at radius 1 is 0.720 bits per heavy atom. The van der Waals surface area contributed by atoms with Gasteiger partial charge < -0.3 is 19.8 Å². The van der Waals surface area contributed by atoms with Crippen LogP contribution in [0, 0.1) is 0 Å². The van der Waals surface area contributed by atoms with E-state index in [9.17, 15) is 9.67 Å². The van der Waals surface area contributed by atoms with Gasteiger partial charge in [0.15, 0.2) is 5.75 Å². The zero-order chi connectivity index (χ0) is 17.9. The second-order valence-electron chi connectivity index (χ2n) is 5.21. The van der Waals surface area contributed by atoms with Crippen LogP contribution in [0.5, 0.6) is 11.5 Å². The number of phosphoric acid groups is 1. The molecule has 0 saturated heterocycles. The summed E-state index contributed by atoms with van der Waals surface area (Å²) in [5.74, 6) is 0.0831. The van der Waals surface area contributed by atoms with E-state index in [0.29, 0.717) is 16.7 Å². The first kappa shape index (κ1) is 17.2. The van der Waals surface area contributed by atoms with E-state index in [1.807, 2.05) is 48.5 Å². The van der Waals surface area contributed by atoms with E-state index in [4.69, 9.17) is 14.7 Å². The average Bonchev–Trinajstić information content (AvgIpc) is 2.61. The van der Waals surface area contributed by atoms with E-state index in [0.717, 1.165) is 5.56 Å². The van der Waals surface area contributed by atoms with E-state index in [2.05, 4.69) is 4.67 Å². The molecule has 0 aliphatic rings. The van der Waals surface area contributed by atoms with Gasteiger partial charge in [0, 0.05) is 11.1 Å². The molecule has 3 N–H and O–H groups in total. The normalized spacial score (nSPS) is 11.3. The highest BCUT2D eigenvalue weighted by Crippen LogP contribution is 2.46. The summed E-state index contributed by atoms with van der Waals surface area (Å²) in [6.45, 7) is 0. The summed E-state index contributed by atoms with van der Waals surface area (Å²) < 4.78 is 15.2. The third kappa shape index (κ3) is 4.07. The van der Waals surface area contributed by atoms with Gasteiger partial charge in [0.05, 0.1) is 0 Å². The molecule has 0 heterocycles. The van der Waals surface area contributed by atoms with Crippen molar-refractivity contribution >= 4 is 7.82 Å². The highest BCUT2D eigenvalue weighted by Gasteiger charge is 2.22. The smallest absolute Gasteiger partial charge is 0.505 e. The molecule has 7 heteroatoms. The Balaban J connectivity index is 2.21. The molecule has 25 heavy (non-hydrogen) atoms. The van der Waals surface area contributed by atoms with Crippen LogP contribution in [0.4, 0.5) is 0 Å². The minimum absolute atomic E-state index is 0.00795. The first-order chi connectivity index (χ1) is 12.0. The summed E-state index contributed by atoms with van der Waals surface area (Å²) in [5.41, 5.74) is 2.35. The molecular weight excluding hydrogens is 343 g/mol. The number of aromatic hydroxyl groups is 1. The topological polar surface area (TPSA) is 96.2 Å². The molecule has 0 atom stereocenters. The van der Waals surface area contributed by atoms with Crippen LogP contribution in [-0.4, -0.2) is 14.9 Å². The van der Waals surface area contributed by atoms with E-state index in [1.54, 1.807) is 12.1 Å². The third-order valence-corrected chi connectivity index (χ3v) is 3.76. The van der Waals surface area contributed by atoms with Gasteiger partial charge in [-0.15, -0.1) is 0 Å². The highest BCUT2D eigenvalue weighted by molar-refractivity contribution is 7.46. The second-order valence-corrected chi connectivity index (χ2v) is 6.34. The SMILES string of the molecule is O=P(O)(O)OOc1ccc(O)c(-c2ccccc2)c1-c1ccccc1. The largest absolute Gasteiger partial charge is 0.507 e. The molecule has 3 aromatic rings. The minimum atomic E-state index is -4.83. The van der Waals surface area contributed by atoms with Gasteiger partial charge in [-0.1, -0.05) is 65.3 Å². The lowest BCUT2D eigenvalue weighted by atomic mass is 9.93. The fourth-order valence-corrected chi connectivity index (χ4v) is 2.70. The molecule has 0 saturated carbocycles. The number of phenolic OH excluding ortho intramolecular Hbond substituents is 1. The van der Waals surface area contributed by atoms with Crippen LogP contribution in [0.2, 0.25) is 0 Å². The van der Waals surface area contributed by atoms with Crippen molar-refractivity contribution in [3.8, 4) is 33.8 Å². The van der Waals surface area contributed by atoms with Crippen molar-refractivity contribution in [2.75, 3.05) is 0 Å². The van der Waals surface area contributed by atoms with Gasteiger partial charge in [-0.2, -0.15) is 0 Å². The fourth-order valence-electron chi connectivity index (χ4n) is 2.52. The Labute approximate surface area is 144 Å². The highest BCUT2D eigenvalue weighted by atomic mass is 31.2. The molecule has 0 aliphatic heterocycles. The standard InChI is InChI=1S/C18H15O6P/c19-15-11-12-16(23-24-25(20,21)22)18(14-9-5-2-6-10-14)17(15)13-7-3-1-4-8-13/h1-12,19H,(H2,20,21,22). The molecule has 0 bridgehead atoms. The number of hydrogen-bond acceptors (Lipinski definition) is 4. The summed E-state index contributed by atoms with van der Waals surface area (Å²) in [5, 5.41) is 10.4. The maximum atomic E-state index is 11.0. The van der Waals surface area contributed by atoms with E-state index < -0.39 is 7.82 Å². The molecule has 0 fully saturated rings. The predicted octanol–water partition coefficient (Wildman–Crippen LogP) is 4.13. The quantitative estimate of drug-likeness (QED) is 0.361. The molecule has 3 aromatic carbocycles. The average molecular weight is 358 g/mol. The number of hydrogen-bond donors (Lipinski definition) is 3. The summed E-state index contributed by atoms with van der Waals surface area (Å²) in [6, 6.07) is 20.9. The Hall–Kier alpha value is -2.63. The zero-order valence-corrected chi connectivity index (χ0v) is 13.8. The van der Waals surface area contributed by atoms with Gasteiger partial charge in [-0.05, 0) is 23.3 Å². The fraction of sp³-hybridized carbons (Fsp3) is 0. The van der Waals surface area contributed by atoms with E-state index in [1.165, 1.54) is 12.1 Å². The van der Waals surface area contributed by atoms with Crippen molar-refractivity contribution in [3.63, 3.8) is 0 Å². The van der Waals surface area contributed by atoms with Crippen molar-refractivity contribution in [1.29, 1.82) is 0 Å². The van der Waals surface area contributed by atoms with Crippen LogP contribution in [0.25, 0.3) is 22.3 Å². The van der Waals surface area contributed by atoms with Gasteiger partial charge in [-0.3, -0.25) is 0 Å². The maximum absolute atomic E-state index is 11.0. The monoisotopic (exact) mass is 358 g/mol. The van der Waals surface area contributed by atoms with Crippen molar-refractivity contribution in [2.24, 2.45) is 0 Å². The van der Waals surface area contributed by atoms with Crippen LogP contribution in [0.15, 0.2) is 72.8 Å². The summed E-state index contributed by atoms with van der Waals surface area (Å²) >= 11 is 0. The lowest BCUT2D eigenvalue weighted by Gasteiger charge is -2.16. The van der Waals surface area contributed by atoms with Gasteiger partial charge >= 0.3 is 7.82 Å². The molecule has 0 unspecified atom stereocenters. The molecule has 0 spiro atoms. The van der Waals surface area contributed by atoms with Crippen molar-refractivity contribution in [1.82, 2.24) is 0 Å². The summed E-state index contributed by atoms with van der Waals surface area (Å²) in [6.07, 6.45) is 0. The van der Waals surface area contributed by atoms with Crippen molar-refractivity contribution in [3.05, 3.63) is 72.8 Å². The summed E-state index contributed by atoms with van der Waals surface area (Å²) in [4.78, 5) is 22.7. The van der Waals surface area contributed by atoms with Gasteiger partial charge in [0.1, 0.15) is 5.75 Å². The number of benzene rings is 3. The van der Waals surface area contributed by atoms with Crippen LogP contribution >= 0.6 is 7.82 Å². The number of phenols is 1. The van der Waals surface area contributed by atoms with Crippen LogP contribution in [0.3, 0.4) is 0 Å². The molecule has 0 amide bonds. The van der Waals surface area contributed by atoms with Crippen LogP contribution in [-0.2, 0) is 9.24 Å². The molecule has 128 valence electrons. The van der Waals surface area contributed by atoms with Crippen molar-refractivity contribution < 1.29 is 29.0 Å². The second kappa shape index (κ2) is 7.09. The van der Waals surface area contributed by atoms with Crippen molar-refractivity contribution in [2.45, 2.75) is 0 Å². The van der Waals surface area contributed by atoms with E-state index >= 15 is 0 Å². The van der Waals surface area contributed by atoms with Gasteiger partial charge in [-0.25, -0.2) is 4.57 Å². The molecule has 0 aliphatic carbocycles. The zero-order valence-electron chi connectivity index (χ0n) is 12.9. The molecule has 3 rings (SSSR count). The molecule has 0 aromatic heterocycles. The summed E-state index contributed by atoms with van der Waals surface area (Å²) in [7, 11) is -4.83. The number of rotatable bonds is 5. The van der Waals surface area contributed by atoms with E-state index in [-0.39, 0.29) is 11.5 Å². The van der Waals surface area contributed by atoms with Gasteiger partial charge in [0.25, 0.3) is 0 Å². The first-order valence-corrected chi connectivity index (χ1v) is 8.87. The molecule has 0 radical (unpaired) electrons. The Bertz CT molecular complexity index is 906. The minimum Gasteiger partial charge on any atom is -0.507 e. The predicted molar refractivity (Wildman–Crippen MR) is 92.7 cm³/mol. The maximum Gasteiger partial charge on any atom is 0.505 e. The Morgan fingerprint density at radius 2 is 1.24 bits per heavy atom. The first-order valence-electron chi connectivity index (χ1n) is 7.34. The lowest BCUT2D eigenvalue weighted by molar-refractivity contribution is -0.122. The van der Waals surface area contributed by atoms with Crippen LogP contribution < -0.4 is 4.89 Å². The third-order valence-electron chi connectivity index (χ3n) is 3.49.